The topological polar surface area (TPSA) is 82.8 Å². The summed E-state index contributed by atoms with van der Waals surface area (Å²) in [6.07, 6.45) is 3.08. The number of urea groups is 1. The summed E-state index contributed by atoms with van der Waals surface area (Å²) in [7, 11) is 0. The SMILES string of the molecule is CC(C)=CCN1C(=O)N(CC(C)C)C2(CCN(c3noc(C)n3)CC2)C1=O. The molecule has 0 saturated carbocycles. The van der Waals surface area contributed by atoms with Crippen LogP contribution in [0.3, 0.4) is 0 Å². The molecule has 8 nitrogen and oxygen atoms in total. The van der Waals surface area contributed by atoms with Gasteiger partial charge in [-0.3, -0.25) is 9.69 Å². The Bertz CT molecular complexity index is 742. The average Bonchev–Trinajstić information content (AvgIpc) is 3.11. The van der Waals surface area contributed by atoms with Crippen molar-refractivity contribution in [2.24, 2.45) is 5.92 Å². The van der Waals surface area contributed by atoms with E-state index >= 15 is 0 Å². The molecule has 2 saturated heterocycles. The van der Waals surface area contributed by atoms with Gasteiger partial charge in [-0.25, -0.2) is 4.79 Å². The second kappa shape index (κ2) is 7.32. The number of anilines is 1. The van der Waals surface area contributed by atoms with Crippen LogP contribution in [-0.2, 0) is 4.79 Å². The number of hydrogen-bond donors (Lipinski definition) is 0. The number of allylic oxidation sites excluding steroid dienone is 1. The minimum absolute atomic E-state index is 0.0745. The molecular weight excluding hydrogens is 346 g/mol. The molecule has 3 heterocycles. The number of imide groups is 1. The van der Waals surface area contributed by atoms with E-state index in [1.807, 2.05) is 24.8 Å². The highest BCUT2D eigenvalue weighted by Crippen LogP contribution is 2.38. The van der Waals surface area contributed by atoms with E-state index in [4.69, 9.17) is 4.52 Å². The van der Waals surface area contributed by atoms with Crippen molar-refractivity contribution in [3.8, 4) is 0 Å². The lowest BCUT2D eigenvalue weighted by Crippen LogP contribution is -2.57. The van der Waals surface area contributed by atoms with Crippen LogP contribution in [0.1, 0.15) is 46.4 Å². The fraction of sp³-hybridized carbons (Fsp3) is 0.684. The Morgan fingerprint density at radius 3 is 2.44 bits per heavy atom. The van der Waals surface area contributed by atoms with Crippen LogP contribution in [0.15, 0.2) is 16.2 Å². The van der Waals surface area contributed by atoms with E-state index < -0.39 is 5.54 Å². The smallest absolute Gasteiger partial charge is 0.327 e. The zero-order chi connectivity index (χ0) is 19.8. The van der Waals surface area contributed by atoms with Crippen LogP contribution in [0.4, 0.5) is 10.7 Å². The van der Waals surface area contributed by atoms with Crippen LogP contribution in [-0.4, -0.2) is 63.6 Å². The number of hydrogen-bond acceptors (Lipinski definition) is 6. The van der Waals surface area contributed by atoms with Gasteiger partial charge in [-0.1, -0.05) is 25.5 Å². The first kappa shape index (κ1) is 19.4. The van der Waals surface area contributed by atoms with Crippen LogP contribution in [0.25, 0.3) is 0 Å². The molecule has 1 aromatic heterocycles. The van der Waals surface area contributed by atoms with E-state index in [1.54, 1.807) is 11.8 Å². The third-order valence-electron chi connectivity index (χ3n) is 5.24. The molecule has 0 radical (unpaired) electrons. The first-order valence-electron chi connectivity index (χ1n) is 9.57. The number of carbonyl (C=O) groups is 2. The van der Waals surface area contributed by atoms with Crippen LogP contribution >= 0.6 is 0 Å². The molecule has 3 amide bonds. The molecule has 0 unspecified atom stereocenters. The van der Waals surface area contributed by atoms with Gasteiger partial charge in [0.25, 0.3) is 11.9 Å². The van der Waals surface area contributed by atoms with Gasteiger partial charge in [0.15, 0.2) is 0 Å². The predicted octanol–water partition coefficient (Wildman–Crippen LogP) is 2.60. The standard InChI is InChI=1S/C19H29N5O3/c1-13(2)6-9-23-16(25)19(24(18(23)26)12-14(3)4)7-10-22(11-8-19)17-20-15(5)27-21-17/h6,14H,7-12H2,1-5H3. The van der Waals surface area contributed by atoms with Gasteiger partial charge in [0.2, 0.25) is 5.89 Å². The van der Waals surface area contributed by atoms with Crippen LogP contribution in [0.2, 0.25) is 0 Å². The van der Waals surface area contributed by atoms with Crippen LogP contribution in [0, 0.1) is 12.8 Å². The molecule has 2 aliphatic rings. The number of nitrogens with zero attached hydrogens (tertiary/aromatic N) is 5. The fourth-order valence-corrected chi connectivity index (χ4v) is 3.81. The van der Waals surface area contributed by atoms with Crippen molar-refractivity contribution in [3.05, 3.63) is 17.5 Å². The maximum atomic E-state index is 13.3. The van der Waals surface area contributed by atoms with Crippen molar-refractivity contribution in [1.29, 1.82) is 0 Å². The Morgan fingerprint density at radius 2 is 1.93 bits per heavy atom. The van der Waals surface area contributed by atoms with E-state index in [1.165, 1.54) is 4.90 Å². The molecule has 0 atom stereocenters. The van der Waals surface area contributed by atoms with Crippen molar-refractivity contribution in [1.82, 2.24) is 19.9 Å². The van der Waals surface area contributed by atoms with E-state index in [0.29, 0.717) is 56.8 Å². The Hall–Kier alpha value is -2.38. The lowest BCUT2D eigenvalue weighted by Gasteiger charge is -2.42. The molecule has 148 valence electrons. The molecule has 3 rings (SSSR count). The molecule has 1 aromatic rings. The quantitative estimate of drug-likeness (QED) is 0.581. The average molecular weight is 375 g/mol. The number of aromatic nitrogens is 2. The molecule has 8 heteroatoms. The van der Waals surface area contributed by atoms with E-state index in [9.17, 15) is 9.59 Å². The van der Waals surface area contributed by atoms with Gasteiger partial charge in [-0.2, -0.15) is 4.98 Å². The predicted molar refractivity (Wildman–Crippen MR) is 101 cm³/mol. The summed E-state index contributed by atoms with van der Waals surface area (Å²) in [6.45, 7) is 12.0. The van der Waals surface area contributed by atoms with Crippen molar-refractivity contribution in [2.75, 3.05) is 31.1 Å². The molecule has 0 aromatic carbocycles. The summed E-state index contributed by atoms with van der Waals surface area (Å²) < 4.78 is 5.07. The minimum Gasteiger partial charge on any atom is -0.338 e. The summed E-state index contributed by atoms with van der Waals surface area (Å²) in [5, 5.41) is 3.98. The van der Waals surface area contributed by atoms with E-state index in [-0.39, 0.29) is 11.9 Å². The zero-order valence-corrected chi connectivity index (χ0v) is 16.9. The second-order valence-electron chi connectivity index (χ2n) is 8.12. The normalized spacial score (nSPS) is 19.6. The Balaban J connectivity index is 1.83. The second-order valence-corrected chi connectivity index (χ2v) is 8.12. The Morgan fingerprint density at radius 1 is 1.26 bits per heavy atom. The molecule has 0 bridgehead atoms. The number of amides is 3. The van der Waals surface area contributed by atoms with Gasteiger partial charge in [0.05, 0.1) is 0 Å². The first-order chi connectivity index (χ1) is 12.7. The molecular formula is C19H29N5O3. The molecule has 0 aliphatic carbocycles. The Labute approximate surface area is 160 Å². The van der Waals surface area contributed by atoms with Gasteiger partial charge < -0.3 is 14.3 Å². The Kier molecular flexibility index (Phi) is 5.26. The highest BCUT2D eigenvalue weighted by atomic mass is 16.5. The summed E-state index contributed by atoms with van der Waals surface area (Å²) in [5.41, 5.74) is 0.334. The third-order valence-corrected chi connectivity index (χ3v) is 5.24. The van der Waals surface area contributed by atoms with Gasteiger partial charge in [-0.05, 0) is 37.8 Å². The summed E-state index contributed by atoms with van der Waals surface area (Å²) in [5.74, 6) is 1.29. The molecule has 2 aliphatic heterocycles. The summed E-state index contributed by atoms with van der Waals surface area (Å²) in [6, 6.07) is -0.171. The minimum atomic E-state index is -0.758. The van der Waals surface area contributed by atoms with Crippen molar-refractivity contribution >= 4 is 17.9 Å². The van der Waals surface area contributed by atoms with Crippen molar-refractivity contribution in [2.45, 2.75) is 53.0 Å². The van der Waals surface area contributed by atoms with Gasteiger partial charge in [0, 0.05) is 33.1 Å². The molecule has 27 heavy (non-hydrogen) atoms. The van der Waals surface area contributed by atoms with E-state index in [0.717, 1.165) is 5.57 Å². The highest BCUT2D eigenvalue weighted by Gasteiger charge is 2.57. The molecule has 0 N–H and O–H groups in total. The summed E-state index contributed by atoms with van der Waals surface area (Å²) in [4.78, 5) is 35.9. The number of aryl methyl sites for hydroxylation is 1. The maximum Gasteiger partial charge on any atom is 0.327 e. The maximum absolute atomic E-state index is 13.3. The van der Waals surface area contributed by atoms with Gasteiger partial charge in [0.1, 0.15) is 5.54 Å². The van der Waals surface area contributed by atoms with Gasteiger partial charge in [-0.15, -0.1) is 0 Å². The fourth-order valence-electron chi connectivity index (χ4n) is 3.81. The number of carbonyl (C=O) groups excluding carboxylic acids is 2. The number of piperidine rings is 1. The molecule has 2 fully saturated rings. The van der Waals surface area contributed by atoms with Crippen molar-refractivity contribution in [3.63, 3.8) is 0 Å². The first-order valence-corrected chi connectivity index (χ1v) is 9.57. The zero-order valence-electron chi connectivity index (χ0n) is 16.9. The monoisotopic (exact) mass is 375 g/mol. The lowest BCUT2D eigenvalue weighted by molar-refractivity contribution is -0.134. The van der Waals surface area contributed by atoms with Gasteiger partial charge >= 0.3 is 6.03 Å². The largest absolute Gasteiger partial charge is 0.338 e. The third kappa shape index (κ3) is 3.57. The number of rotatable bonds is 5. The molecule has 1 spiro atoms. The lowest BCUT2D eigenvalue weighted by atomic mass is 9.85. The summed E-state index contributed by atoms with van der Waals surface area (Å²) >= 11 is 0. The van der Waals surface area contributed by atoms with Crippen LogP contribution < -0.4 is 4.90 Å². The van der Waals surface area contributed by atoms with E-state index in [2.05, 4.69) is 24.0 Å². The van der Waals surface area contributed by atoms with Crippen LogP contribution in [0.5, 0.6) is 0 Å². The van der Waals surface area contributed by atoms with Crippen molar-refractivity contribution < 1.29 is 14.1 Å². The highest BCUT2D eigenvalue weighted by molar-refractivity contribution is 6.07.